The first-order valence-corrected chi connectivity index (χ1v) is 11.5. The van der Waals surface area contributed by atoms with Crippen molar-refractivity contribution in [2.75, 3.05) is 11.3 Å². The highest BCUT2D eigenvalue weighted by atomic mass is 32.2. The van der Waals surface area contributed by atoms with Gasteiger partial charge in [-0.1, -0.05) is 30.3 Å². The molecule has 0 unspecified atom stereocenters. The van der Waals surface area contributed by atoms with E-state index in [1.54, 1.807) is 55.5 Å². The van der Waals surface area contributed by atoms with E-state index in [0.717, 1.165) is 5.56 Å². The van der Waals surface area contributed by atoms with Crippen LogP contribution in [-0.2, 0) is 26.2 Å². The van der Waals surface area contributed by atoms with Crippen molar-refractivity contribution in [3.8, 4) is 5.75 Å². The van der Waals surface area contributed by atoms with Gasteiger partial charge >= 0.3 is 5.97 Å². The summed E-state index contributed by atoms with van der Waals surface area (Å²) in [6, 6.07) is 17.9. The van der Waals surface area contributed by atoms with Gasteiger partial charge in [-0.3, -0.25) is 9.52 Å². The number of anilines is 1. The minimum atomic E-state index is -3.90. The number of amides is 1. The zero-order valence-electron chi connectivity index (χ0n) is 18.2. The molecule has 0 saturated heterocycles. The number of hydrogen-bond acceptors (Lipinski definition) is 6. The van der Waals surface area contributed by atoms with Crippen molar-refractivity contribution in [1.29, 1.82) is 0 Å². The number of nitrogens with one attached hydrogen (secondary N) is 1. The van der Waals surface area contributed by atoms with Gasteiger partial charge in [0.15, 0.2) is 6.61 Å². The lowest BCUT2D eigenvalue weighted by Gasteiger charge is -2.12. The predicted octanol–water partition coefficient (Wildman–Crippen LogP) is 3.33. The zero-order chi connectivity index (χ0) is 24.0. The average Bonchev–Trinajstić information content (AvgIpc) is 2.76. The van der Waals surface area contributed by atoms with Crippen LogP contribution in [0.4, 0.5) is 5.69 Å². The molecular formula is C24H24N2O6S. The number of hydrogen-bond donors (Lipinski definition) is 2. The lowest BCUT2D eigenvalue weighted by atomic mass is 10.1. The summed E-state index contributed by atoms with van der Waals surface area (Å²) in [5.74, 6) is -0.855. The molecule has 0 aliphatic heterocycles. The van der Waals surface area contributed by atoms with E-state index in [2.05, 4.69) is 4.72 Å². The number of benzene rings is 3. The van der Waals surface area contributed by atoms with Gasteiger partial charge in [-0.25, -0.2) is 13.2 Å². The molecule has 0 aromatic heterocycles. The van der Waals surface area contributed by atoms with Crippen molar-refractivity contribution < 1.29 is 27.5 Å². The topological polar surface area (TPSA) is 125 Å². The third-order valence-corrected chi connectivity index (χ3v) is 6.04. The summed E-state index contributed by atoms with van der Waals surface area (Å²) in [4.78, 5) is 23.5. The van der Waals surface area contributed by atoms with Crippen LogP contribution in [0.2, 0.25) is 0 Å². The van der Waals surface area contributed by atoms with Crippen molar-refractivity contribution in [3.63, 3.8) is 0 Å². The Morgan fingerprint density at radius 3 is 2.45 bits per heavy atom. The van der Waals surface area contributed by atoms with Gasteiger partial charge in [-0.2, -0.15) is 0 Å². The minimum Gasteiger partial charge on any atom is -0.484 e. The molecule has 1 amide bonds. The molecule has 0 bridgehead atoms. The second-order valence-electron chi connectivity index (χ2n) is 7.43. The first-order valence-electron chi connectivity index (χ1n) is 10.0. The molecule has 33 heavy (non-hydrogen) atoms. The van der Waals surface area contributed by atoms with Crippen molar-refractivity contribution in [3.05, 3.63) is 89.0 Å². The van der Waals surface area contributed by atoms with Gasteiger partial charge in [0.1, 0.15) is 12.4 Å². The molecule has 0 aliphatic carbocycles. The van der Waals surface area contributed by atoms with E-state index in [1.165, 1.54) is 12.1 Å². The lowest BCUT2D eigenvalue weighted by molar-refractivity contribution is -0.119. The highest BCUT2D eigenvalue weighted by molar-refractivity contribution is 7.92. The van der Waals surface area contributed by atoms with Crippen LogP contribution >= 0.6 is 0 Å². The molecule has 0 spiro atoms. The van der Waals surface area contributed by atoms with E-state index in [9.17, 15) is 18.0 Å². The molecule has 9 heteroatoms. The monoisotopic (exact) mass is 468 g/mol. The van der Waals surface area contributed by atoms with Crippen LogP contribution in [0.15, 0.2) is 71.6 Å². The van der Waals surface area contributed by atoms with Crippen LogP contribution < -0.4 is 15.2 Å². The van der Waals surface area contributed by atoms with E-state index in [0.29, 0.717) is 22.6 Å². The predicted molar refractivity (Wildman–Crippen MR) is 123 cm³/mol. The van der Waals surface area contributed by atoms with E-state index in [4.69, 9.17) is 15.2 Å². The molecule has 0 saturated carbocycles. The van der Waals surface area contributed by atoms with Gasteiger partial charge in [0, 0.05) is 5.69 Å². The Bertz CT molecular complexity index is 1290. The zero-order valence-corrected chi connectivity index (χ0v) is 19.0. The van der Waals surface area contributed by atoms with Gasteiger partial charge < -0.3 is 15.2 Å². The molecule has 0 radical (unpaired) electrons. The summed E-state index contributed by atoms with van der Waals surface area (Å²) in [6.45, 7) is 3.22. The molecular weight excluding hydrogens is 444 g/mol. The smallest absolute Gasteiger partial charge is 0.338 e. The second-order valence-corrected chi connectivity index (χ2v) is 9.11. The third kappa shape index (κ3) is 6.56. The van der Waals surface area contributed by atoms with Crippen molar-refractivity contribution in [1.82, 2.24) is 0 Å². The van der Waals surface area contributed by atoms with Crippen molar-refractivity contribution >= 4 is 27.6 Å². The number of primary amides is 1. The fraction of sp³-hybridized carbons (Fsp3) is 0.167. The van der Waals surface area contributed by atoms with Gasteiger partial charge in [0.25, 0.3) is 15.9 Å². The highest BCUT2D eigenvalue weighted by Crippen LogP contribution is 2.21. The molecule has 0 heterocycles. The van der Waals surface area contributed by atoms with Crippen LogP contribution in [-0.4, -0.2) is 26.9 Å². The number of aryl methyl sites for hydroxylation is 2. The molecule has 8 nitrogen and oxygen atoms in total. The molecule has 0 fully saturated rings. The maximum Gasteiger partial charge on any atom is 0.338 e. The normalized spacial score (nSPS) is 11.0. The molecule has 0 aliphatic rings. The Kier molecular flexibility index (Phi) is 7.34. The Morgan fingerprint density at radius 1 is 0.970 bits per heavy atom. The number of rotatable bonds is 9. The quantitative estimate of drug-likeness (QED) is 0.464. The molecule has 3 N–H and O–H groups in total. The molecule has 172 valence electrons. The number of carbonyl (C=O) groups excluding carboxylic acids is 2. The Balaban J connectivity index is 1.73. The van der Waals surface area contributed by atoms with Crippen LogP contribution in [0, 0.1) is 13.8 Å². The molecule has 3 rings (SSSR count). The van der Waals surface area contributed by atoms with E-state index < -0.39 is 21.9 Å². The first-order chi connectivity index (χ1) is 15.6. The largest absolute Gasteiger partial charge is 0.484 e. The van der Waals surface area contributed by atoms with E-state index in [1.807, 2.05) is 13.0 Å². The van der Waals surface area contributed by atoms with Crippen LogP contribution in [0.3, 0.4) is 0 Å². The first kappa shape index (κ1) is 23.8. The standard InChI is InChI=1S/C24H24N2O6S/c1-16-5-3-7-19(11-16)26-33(29,30)21-10-9-17(2)22(13-21)24(28)32-14-18-6-4-8-20(12-18)31-15-23(25)27/h3-13,26H,14-15H2,1-2H3,(H2,25,27). The molecule has 0 atom stereocenters. The summed E-state index contributed by atoms with van der Waals surface area (Å²) in [5, 5.41) is 0. The molecule has 3 aromatic rings. The Hall–Kier alpha value is -3.85. The van der Waals surface area contributed by atoms with Crippen LogP contribution in [0.5, 0.6) is 5.75 Å². The average molecular weight is 469 g/mol. The fourth-order valence-electron chi connectivity index (χ4n) is 3.02. The highest BCUT2D eigenvalue weighted by Gasteiger charge is 2.19. The fourth-order valence-corrected chi connectivity index (χ4v) is 4.09. The Morgan fingerprint density at radius 2 is 1.73 bits per heavy atom. The summed E-state index contributed by atoms with van der Waals surface area (Å²) >= 11 is 0. The number of ether oxygens (including phenoxy) is 2. The molecule has 3 aromatic carbocycles. The number of carbonyl (C=O) groups is 2. The van der Waals surface area contributed by atoms with Crippen LogP contribution in [0.1, 0.15) is 27.0 Å². The van der Waals surface area contributed by atoms with Gasteiger partial charge in [0.2, 0.25) is 0 Å². The SMILES string of the molecule is Cc1cccc(NS(=O)(=O)c2ccc(C)c(C(=O)OCc3cccc(OCC(N)=O)c3)c2)c1. The second kappa shape index (κ2) is 10.2. The summed E-state index contributed by atoms with van der Waals surface area (Å²) in [7, 11) is -3.90. The van der Waals surface area contributed by atoms with Gasteiger partial charge in [-0.05, 0) is 66.9 Å². The number of sulfonamides is 1. The van der Waals surface area contributed by atoms with E-state index >= 15 is 0 Å². The van der Waals surface area contributed by atoms with Crippen molar-refractivity contribution in [2.45, 2.75) is 25.3 Å². The van der Waals surface area contributed by atoms with Gasteiger partial charge in [-0.15, -0.1) is 0 Å². The lowest BCUT2D eigenvalue weighted by Crippen LogP contribution is -2.20. The Labute approximate surface area is 192 Å². The number of esters is 1. The summed E-state index contributed by atoms with van der Waals surface area (Å²) < 4.78 is 38.8. The third-order valence-electron chi connectivity index (χ3n) is 4.66. The maximum atomic E-state index is 12.8. The van der Waals surface area contributed by atoms with E-state index in [-0.39, 0.29) is 23.7 Å². The maximum absolute atomic E-state index is 12.8. The number of nitrogens with two attached hydrogens (primary N) is 1. The van der Waals surface area contributed by atoms with Crippen LogP contribution in [0.25, 0.3) is 0 Å². The summed E-state index contributed by atoms with van der Waals surface area (Å²) in [6.07, 6.45) is 0. The van der Waals surface area contributed by atoms with Crippen molar-refractivity contribution in [2.24, 2.45) is 5.73 Å². The summed E-state index contributed by atoms with van der Waals surface area (Å²) in [5.41, 5.74) is 7.76. The minimum absolute atomic E-state index is 0.0524. The van der Waals surface area contributed by atoms with Gasteiger partial charge in [0.05, 0.1) is 10.5 Å².